The van der Waals surface area contributed by atoms with Crippen LogP contribution in [0.15, 0.2) is 0 Å². The van der Waals surface area contributed by atoms with E-state index in [-0.39, 0.29) is 5.41 Å². The molecule has 2 N–H and O–H groups in total. The highest BCUT2D eigenvalue weighted by Crippen LogP contribution is 2.61. The first-order valence-electron chi connectivity index (χ1n) is 6.85. The fourth-order valence-electron chi connectivity index (χ4n) is 5.01. The van der Waals surface area contributed by atoms with Crippen LogP contribution in [0, 0.1) is 29.1 Å². The smallest absolute Gasteiger partial charge is 0.152 e. The summed E-state index contributed by atoms with van der Waals surface area (Å²) >= 11 is 1.55. The summed E-state index contributed by atoms with van der Waals surface area (Å²) in [6.45, 7) is 0. The van der Waals surface area contributed by atoms with Crippen LogP contribution in [-0.4, -0.2) is 4.98 Å². The fraction of sp³-hybridized carbons (Fsp3) is 0.714. The number of hydrogen-bond acceptors (Lipinski definition) is 4. The van der Waals surface area contributed by atoms with Gasteiger partial charge in [0.05, 0.1) is 0 Å². The lowest BCUT2D eigenvalue weighted by atomic mass is 9.50. The quantitative estimate of drug-likeness (QED) is 0.843. The molecule has 0 atom stereocenters. The second-order valence-corrected chi connectivity index (χ2v) is 7.54. The van der Waals surface area contributed by atoms with E-state index in [1.54, 1.807) is 11.3 Å². The minimum absolute atomic E-state index is 0.280. The molecule has 1 aromatic rings. The first kappa shape index (κ1) is 10.8. The minimum Gasteiger partial charge on any atom is -0.382 e. The lowest BCUT2D eigenvalue weighted by molar-refractivity contribution is -0.00523. The van der Waals surface area contributed by atoms with Gasteiger partial charge in [-0.2, -0.15) is 5.26 Å². The topological polar surface area (TPSA) is 62.7 Å². The third kappa shape index (κ3) is 1.37. The molecule has 0 amide bonds. The summed E-state index contributed by atoms with van der Waals surface area (Å²) in [5.41, 5.74) is 6.13. The summed E-state index contributed by atoms with van der Waals surface area (Å²) in [6, 6.07) is 2.18. The van der Waals surface area contributed by atoms with Crippen molar-refractivity contribution in [2.24, 2.45) is 17.8 Å². The first-order chi connectivity index (χ1) is 8.68. The highest BCUT2D eigenvalue weighted by atomic mass is 32.1. The molecule has 0 aromatic carbocycles. The van der Waals surface area contributed by atoms with Crippen LogP contribution < -0.4 is 5.73 Å². The summed E-state index contributed by atoms with van der Waals surface area (Å²) in [5.74, 6) is 3.18. The molecule has 0 unspecified atom stereocenters. The van der Waals surface area contributed by atoms with E-state index >= 15 is 0 Å². The molecule has 1 aromatic heterocycles. The second kappa shape index (κ2) is 3.48. The van der Waals surface area contributed by atoms with Crippen LogP contribution in [0.5, 0.6) is 0 Å². The van der Waals surface area contributed by atoms with Crippen LogP contribution in [0.25, 0.3) is 0 Å². The van der Waals surface area contributed by atoms with Crippen LogP contribution in [0.2, 0.25) is 0 Å². The van der Waals surface area contributed by atoms with Crippen molar-refractivity contribution in [3.8, 4) is 6.07 Å². The van der Waals surface area contributed by atoms with Crippen molar-refractivity contribution >= 4 is 17.2 Å². The van der Waals surface area contributed by atoms with Crippen molar-refractivity contribution in [3.05, 3.63) is 9.88 Å². The Labute approximate surface area is 111 Å². The second-order valence-electron chi connectivity index (χ2n) is 6.54. The molecule has 94 valence electrons. The molecule has 4 fully saturated rings. The van der Waals surface area contributed by atoms with Crippen LogP contribution in [0.4, 0.5) is 5.82 Å². The molecule has 4 aliphatic rings. The maximum Gasteiger partial charge on any atom is 0.152 e. The van der Waals surface area contributed by atoms with Crippen LogP contribution in [0.1, 0.15) is 48.4 Å². The lowest BCUT2D eigenvalue weighted by Crippen LogP contribution is -2.48. The Balaban J connectivity index is 1.77. The first-order valence-corrected chi connectivity index (χ1v) is 7.67. The van der Waals surface area contributed by atoms with E-state index in [2.05, 4.69) is 11.1 Å². The number of rotatable bonds is 1. The van der Waals surface area contributed by atoms with Gasteiger partial charge in [0.15, 0.2) is 5.82 Å². The largest absolute Gasteiger partial charge is 0.382 e. The number of nitrogens with zero attached hydrogens (tertiary/aromatic N) is 2. The van der Waals surface area contributed by atoms with Crippen LogP contribution >= 0.6 is 11.3 Å². The fourth-order valence-corrected chi connectivity index (χ4v) is 6.01. The molecule has 5 rings (SSSR count). The van der Waals surface area contributed by atoms with E-state index in [9.17, 15) is 0 Å². The van der Waals surface area contributed by atoms with Gasteiger partial charge in [0.2, 0.25) is 0 Å². The highest BCUT2D eigenvalue weighted by molar-refractivity contribution is 7.12. The molecule has 4 bridgehead atoms. The maximum absolute atomic E-state index is 9.05. The molecule has 0 saturated heterocycles. The van der Waals surface area contributed by atoms with E-state index < -0.39 is 0 Å². The van der Waals surface area contributed by atoms with Gasteiger partial charge >= 0.3 is 0 Å². The van der Waals surface area contributed by atoms with Crippen molar-refractivity contribution in [1.82, 2.24) is 4.98 Å². The number of nitrogens with two attached hydrogens (primary N) is 1. The zero-order valence-electron chi connectivity index (χ0n) is 10.4. The Hall–Kier alpha value is -1.08. The average Bonchev–Trinajstić information content (AvgIpc) is 2.69. The number of anilines is 1. The molecular weight excluding hydrogens is 242 g/mol. The van der Waals surface area contributed by atoms with Crippen molar-refractivity contribution in [3.63, 3.8) is 0 Å². The van der Waals surface area contributed by atoms with Gasteiger partial charge in [0.25, 0.3) is 0 Å². The Morgan fingerprint density at radius 3 is 2.17 bits per heavy atom. The lowest BCUT2D eigenvalue weighted by Gasteiger charge is -2.56. The Kier molecular flexibility index (Phi) is 2.09. The monoisotopic (exact) mass is 259 g/mol. The normalized spacial score (nSPS) is 40.9. The number of hydrogen-bond donors (Lipinski definition) is 1. The zero-order chi connectivity index (χ0) is 12.3. The highest BCUT2D eigenvalue weighted by Gasteiger charge is 2.53. The van der Waals surface area contributed by atoms with Gasteiger partial charge in [0.1, 0.15) is 16.0 Å². The molecule has 4 aliphatic carbocycles. The van der Waals surface area contributed by atoms with E-state index in [4.69, 9.17) is 11.0 Å². The van der Waals surface area contributed by atoms with Gasteiger partial charge < -0.3 is 5.73 Å². The maximum atomic E-state index is 9.05. The molecule has 1 heterocycles. The van der Waals surface area contributed by atoms with Gasteiger partial charge in [0, 0.05) is 5.41 Å². The van der Waals surface area contributed by atoms with E-state index in [0.717, 1.165) is 22.8 Å². The SMILES string of the molecule is N#Cc1sc(C23CC4CC(CC(C4)C2)C3)nc1N. The third-order valence-electron chi connectivity index (χ3n) is 5.25. The summed E-state index contributed by atoms with van der Waals surface area (Å²) in [6.07, 6.45) is 8.17. The Morgan fingerprint density at radius 2 is 1.72 bits per heavy atom. The molecule has 0 radical (unpaired) electrons. The summed E-state index contributed by atoms with van der Waals surface area (Å²) in [5, 5.41) is 10.2. The summed E-state index contributed by atoms with van der Waals surface area (Å²) < 4.78 is 0. The van der Waals surface area contributed by atoms with Crippen molar-refractivity contribution in [1.29, 1.82) is 5.26 Å². The molecule has 18 heavy (non-hydrogen) atoms. The van der Waals surface area contributed by atoms with Crippen molar-refractivity contribution < 1.29 is 0 Å². The Morgan fingerprint density at radius 1 is 1.17 bits per heavy atom. The van der Waals surface area contributed by atoms with Crippen LogP contribution in [-0.2, 0) is 5.41 Å². The number of nitriles is 1. The molecule has 0 spiro atoms. The standard InChI is InChI=1S/C14H17N3S/c15-7-11-12(16)17-13(18-11)14-4-8-1-9(5-14)3-10(2-8)6-14/h8-10H,1-6,16H2. The number of thiazole rings is 1. The van der Waals surface area contributed by atoms with Crippen molar-refractivity contribution in [2.75, 3.05) is 5.73 Å². The van der Waals surface area contributed by atoms with Crippen LogP contribution in [0.3, 0.4) is 0 Å². The number of nitrogen functional groups attached to an aromatic ring is 1. The predicted molar refractivity (Wildman–Crippen MR) is 71.1 cm³/mol. The van der Waals surface area contributed by atoms with Crippen molar-refractivity contribution in [2.45, 2.75) is 43.9 Å². The predicted octanol–water partition coefficient (Wildman–Crippen LogP) is 3.06. The summed E-state index contributed by atoms with van der Waals surface area (Å²) in [4.78, 5) is 5.16. The van der Waals surface area contributed by atoms with E-state index in [1.807, 2.05) is 0 Å². The zero-order valence-corrected chi connectivity index (χ0v) is 11.2. The van der Waals surface area contributed by atoms with Gasteiger partial charge in [-0.1, -0.05) is 0 Å². The Bertz CT molecular complexity index is 504. The molecule has 0 aliphatic heterocycles. The molecule has 4 saturated carbocycles. The molecular formula is C14H17N3S. The molecule has 4 heteroatoms. The average molecular weight is 259 g/mol. The third-order valence-corrected chi connectivity index (χ3v) is 6.47. The summed E-state index contributed by atoms with van der Waals surface area (Å²) in [7, 11) is 0. The van der Waals surface area contributed by atoms with E-state index in [1.165, 1.54) is 38.5 Å². The molecule has 3 nitrogen and oxygen atoms in total. The van der Waals surface area contributed by atoms with Gasteiger partial charge in [-0.05, 0) is 56.3 Å². The van der Waals surface area contributed by atoms with E-state index in [0.29, 0.717) is 10.7 Å². The van der Waals surface area contributed by atoms with Gasteiger partial charge in [-0.25, -0.2) is 4.98 Å². The minimum atomic E-state index is 0.280. The number of aromatic nitrogens is 1. The van der Waals surface area contributed by atoms with Gasteiger partial charge in [-0.3, -0.25) is 0 Å². The van der Waals surface area contributed by atoms with Gasteiger partial charge in [-0.15, -0.1) is 11.3 Å².